The molecule has 0 aromatic carbocycles. The zero-order chi connectivity index (χ0) is 10.6. The largest absolute Gasteiger partial charge is 0.313 e. The van der Waals surface area contributed by atoms with Crippen LogP contribution in [0.1, 0.15) is 22.5 Å². The monoisotopic (exact) mass is 200 g/mol. The van der Waals surface area contributed by atoms with Gasteiger partial charge in [-0.2, -0.15) is 0 Å². The van der Waals surface area contributed by atoms with Gasteiger partial charge in [0.25, 0.3) is 6.43 Å². The van der Waals surface area contributed by atoms with Gasteiger partial charge in [0.15, 0.2) is 5.78 Å². The maximum atomic E-state index is 12.4. The molecule has 0 amide bonds. The number of aromatic nitrogens is 1. The van der Waals surface area contributed by atoms with Crippen molar-refractivity contribution in [2.75, 3.05) is 13.6 Å². The molecule has 0 saturated carbocycles. The molecule has 0 aliphatic carbocycles. The van der Waals surface area contributed by atoms with Crippen molar-refractivity contribution < 1.29 is 13.6 Å². The second kappa shape index (κ2) is 4.76. The smallest absolute Gasteiger partial charge is 0.281 e. The Labute approximate surface area is 80.2 Å². The number of alkyl halides is 2. The SMILES string of the molecule is CNCC(=O)c1cccnc1C(F)F. The standard InChI is InChI=1S/C9H10F2N2O/c1-12-5-7(14)6-3-2-4-13-8(6)9(10)11/h2-4,9,12H,5H2,1H3. The van der Waals surface area contributed by atoms with E-state index in [9.17, 15) is 13.6 Å². The molecule has 0 bridgehead atoms. The fourth-order valence-electron chi connectivity index (χ4n) is 1.08. The highest BCUT2D eigenvalue weighted by molar-refractivity contribution is 5.98. The minimum atomic E-state index is -2.72. The lowest BCUT2D eigenvalue weighted by Crippen LogP contribution is -2.20. The number of nitrogens with zero attached hydrogens (tertiary/aromatic N) is 1. The van der Waals surface area contributed by atoms with Crippen LogP contribution in [-0.2, 0) is 0 Å². The number of nitrogens with one attached hydrogen (secondary N) is 1. The van der Waals surface area contributed by atoms with Gasteiger partial charge in [-0.1, -0.05) is 0 Å². The summed E-state index contributed by atoms with van der Waals surface area (Å²) in [5, 5.41) is 2.61. The van der Waals surface area contributed by atoms with Crippen LogP contribution in [0.4, 0.5) is 8.78 Å². The van der Waals surface area contributed by atoms with Crippen molar-refractivity contribution in [2.45, 2.75) is 6.43 Å². The highest BCUT2D eigenvalue weighted by Crippen LogP contribution is 2.20. The van der Waals surface area contributed by atoms with Gasteiger partial charge in [-0.05, 0) is 19.2 Å². The van der Waals surface area contributed by atoms with E-state index in [1.54, 1.807) is 7.05 Å². The maximum Gasteiger partial charge on any atom is 0.281 e. The Balaban J connectivity index is 3.00. The van der Waals surface area contributed by atoms with E-state index in [0.29, 0.717) is 0 Å². The topological polar surface area (TPSA) is 42.0 Å². The van der Waals surface area contributed by atoms with E-state index in [4.69, 9.17) is 0 Å². The van der Waals surface area contributed by atoms with Crippen molar-refractivity contribution in [1.82, 2.24) is 10.3 Å². The van der Waals surface area contributed by atoms with E-state index < -0.39 is 12.1 Å². The highest BCUT2D eigenvalue weighted by atomic mass is 19.3. The minimum Gasteiger partial charge on any atom is -0.313 e. The predicted molar refractivity (Wildman–Crippen MR) is 47.5 cm³/mol. The predicted octanol–water partition coefficient (Wildman–Crippen LogP) is 1.42. The first-order valence-electron chi connectivity index (χ1n) is 4.07. The molecule has 0 radical (unpaired) electrons. The number of hydrogen-bond acceptors (Lipinski definition) is 3. The maximum absolute atomic E-state index is 12.4. The zero-order valence-corrected chi connectivity index (χ0v) is 7.63. The Morgan fingerprint density at radius 1 is 1.64 bits per heavy atom. The second-order valence-electron chi connectivity index (χ2n) is 2.69. The third-order valence-corrected chi connectivity index (χ3v) is 1.68. The molecule has 1 aromatic heterocycles. The summed E-state index contributed by atoms with van der Waals surface area (Å²) >= 11 is 0. The number of halogens is 2. The van der Waals surface area contributed by atoms with Crippen LogP contribution in [0, 0.1) is 0 Å². The zero-order valence-electron chi connectivity index (χ0n) is 7.63. The van der Waals surface area contributed by atoms with Crippen LogP contribution in [-0.4, -0.2) is 24.4 Å². The van der Waals surface area contributed by atoms with E-state index >= 15 is 0 Å². The van der Waals surface area contributed by atoms with Crippen LogP contribution >= 0.6 is 0 Å². The number of carbonyl (C=O) groups excluding carboxylic acids is 1. The molecule has 5 heteroatoms. The van der Waals surface area contributed by atoms with E-state index in [0.717, 1.165) is 0 Å². The summed E-state index contributed by atoms with van der Waals surface area (Å²) < 4.78 is 24.8. The van der Waals surface area contributed by atoms with Gasteiger partial charge < -0.3 is 5.32 Å². The van der Waals surface area contributed by atoms with Gasteiger partial charge in [0.1, 0.15) is 5.69 Å². The molecule has 0 spiro atoms. The van der Waals surface area contributed by atoms with Gasteiger partial charge in [-0.3, -0.25) is 9.78 Å². The van der Waals surface area contributed by atoms with Crippen LogP contribution in [0.15, 0.2) is 18.3 Å². The van der Waals surface area contributed by atoms with E-state index in [2.05, 4.69) is 10.3 Å². The lowest BCUT2D eigenvalue weighted by atomic mass is 10.1. The van der Waals surface area contributed by atoms with Crippen molar-refractivity contribution in [2.24, 2.45) is 0 Å². The van der Waals surface area contributed by atoms with Gasteiger partial charge >= 0.3 is 0 Å². The fourth-order valence-corrected chi connectivity index (χ4v) is 1.08. The molecule has 0 atom stereocenters. The summed E-state index contributed by atoms with van der Waals surface area (Å²) in [7, 11) is 1.58. The van der Waals surface area contributed by atoms with Crippen LogP contribution in [0.25, 0.3) is 0 Å². The normalized spacial score (nSPS) is 10.6. The first-order chi connectivity index (χ1) is 6.66. The van der Waals surface area contributed by atoms with Gasteiger partial charge in [-0.15, -0.1) is 0 Å². The third kappa shape index (κ3) is 2.32. The molecule has 1 N–H and O–H groups in total. The average molecular weight is 200 g/mol. The first kappa shape index (κ1) is 10.7. The third-order valence-electron chi connectivity index (χ3n) is 1.68. The number of Topliss-reactive ketones (excluding diaryl/α,β-unsaturated/α-hetero) is 1. The Morgan fingerprint density at radius 2 is 2.36 bits per heavy atom. The summed E-state index contributed by atoms with van der Waals surface area (Å²) in [5.41, 5.74) is -0.468. The first-order valence-corrected chi connectivity index (χ1v) is 4.07. The van der Waals surface area contributed by atoms with Gasteiger partial charge in [-0.25, -0.2) is 8.78 Å². The fraction of sp³-hybridized carbons (Fsp3) is 0.333. The van der Waals surface area contributed by atoms with Crippen molar-refractivity contribution in [1.29, 1.82) is 0 Å². The van der Waals surface area contributed by atoms with Crippen LogP contribution in [0.3, 0.4) is 0 Å². The number of hydrogen-bond donors (Lipinski definition) is 1. The minimum absolute atomic E-state index is 0.0168. The van der Waals surface area contributed by atoms with E-state index in [1.165, 1.54) is 18.3 Å². The number of ketones is 1. The summed E-state index contributed by atoms with van der Waals surface area (Å²) in [4.78, 5) is 14.8. The lowest BCUT2D eigenvalue weighted by molar-refractivity contribution is 0.0976. The number of rotatable bonds is 4. The summed E-state index contributed by atoms with van der Waals surface area (Å²) in [6.07, 6.45) is -1.47. The molecule has 0 unspecified atom stereocenters. The second-order valence-corrected chi connectivity index (χ2v) is 2.69. The molecular weight excluding hydrogens is 190 g/mol. The van der Waals surface area contributed by atoms with Crippen LogP contribution in [0.5, 0.6) is 0 Å². The van der Waals surface area contributed by atoms with Gasteiger partial charge in [0, 0.05) is 11.8 Å². The molecular formula is C9H10F2N2O. The molecule has 1 heterocycles. The Morgan fingerprint density at radius 3 is 2.93 bits per heavy atom. The summed E-state index contributed by atoms with van der Waals surface area (Å²) in [5.74, 6) is -0.379. The number of pyridine rings is 1. The van der Waals surface area contributed by atoms with Crippen LogP contribution in [0.2, 0.25) is 0 Å². The summed E-state index contributed by atoms with van der Waals surface area (Å²) in [6, 6.07) is 2.82. The van der Waals surface area contributed by atoms with Crippen molar-refractivity contribution in [3.05, 3.63) is 29.6 Å². The number of carbonyl (C=O) groups is 1. The molecule has 1 rings (SSSR count). The lowest BCUT2D eigenvalue weighted by Gasteiger charge is -2.05. The van der Waals surface area contributed by atoms with Crippen molar-refractivity contribution in [3.8, 4) is 0 Å². The quantitative estimate of drug-likeness (QED) is 0.747. The molecule has 3 nitrogen and oxygen atoms in total. The Kier molecular flexibility index (Phi) is 3.64. The highest BCUT2D eigenvalue weighted by Gasteiger charge is 2.18. The molecule has 0 fully saturated rings. The molecule has 0 saturated heterocycles. The number of likely N-dealkylation sites (N-methyl/N-ethyl adjacent to an activating group) is 1. The van der Waals surface area contributed by atoms with Crippen molar-refractivity contribution >= 4 is 5.78 Å². The van der Waals surface area contributed by atoms with Crippen molar-refractivity contribution in [3.63, 3.8) is 0 Å². The summed E-state index contributed by atoms with van der Waals surface area (Å²) in [6.45, 7) is 0.0331. The molecule has 76 valence electrons. The molecule has 1 aromatic rings. The van der Waals surface area contributed by atoms with E-state index in [-0.39, 0.29) is 17.9 Å². The Bertz CT molecular complexity index is 328. The molecule has 0 aliphatic rings. The van der Waals surface area contributed by atoms with Gasteiger partial charge in [0.05, 0.1) is 6.54 Å². The molecule has 14 heavy (non-hydrogen) atoms. The van der Waals surface area contributed by atoms with E-state index in [1.807, 2.05) is 0 Å². The average Bonchev–Trinajstić information content (AvgIpc) is 2.18. The Hall–Kier alpha value is -1.36. The van der Waals surface area contributed by atoms with Crippen LogP contribution < -0.4 is 5.32 Å². The van der Waals surface area contributed by atoms with Gasteiger partial charge in [0.2, 0.25) is 0 Å². The molecule has 0 aliphatic heterocycles.